The van der Waals surface area contributed by atoms with Crippen LogP contribution in [-0.2, 0) is 24.3 Å². The van der Waals surface area contributed by atoms with E-state index in [-0.39, 0.29) is 18.1 Å². The highest BCUT2D eigenvalue weighted by atomic mass is 16.5. The van der Waals surface area contributed by atoms with E-state index in [4.69, 9.17) is 14.5 Å². The van der Waals surface area contributed by atoms with Crippen LogP contribution in [0.4, 0.5) is 0 Å². The third-order valence-corrected chi connectivity index (χ3v) is 6.02. The summed E-state index contributed by atoms with van der Waals surface area (Å²) in [5.41, 5.74) is 4.02. The molecule has 4 aromatic rings. The van der Waals surface area contributed by atoms with E-state index in [1.165, 1.54) is 7.11 Å². The van der Waals surface area contributed by atoms with Crippen LogP contribution >= 0.6 is 0 Å². The van der Waals surface area contributed by atoms with E-state index in [9.17, 15) is 9.59 Å². The second-order valence-electron chi connectivity index (χ2n) is 8.62. The molecule has 0 N–H and O–H groups in total. The molecule has 0 spiro atoms. The summed E-state index contributed by atoms with van der Waals surface area (Å²) >= 11 is 0. The van der Waals surface area contributed by atoms with Crippen LogP contribution in [0.15, 0.2) is 71.5 Å². The molecule has 0 amide bonds. The molecule has 0 fully saturated rings. The third kappa shape index (κ3) is 5.60. The van der Waals surface area contributed by atoms with Crippen LogP contribution in [0.3, 0.4) is 0 Å². The number of hydrogen-bond acceptors (Lipinski definition) is 5. The van der Waals surface area contributed by atoms with Crippen LogP contribution in [-0.4, -0.2) is 22.6 Å². The Hall–Kier alpha value is -3.93. The van der Waals surface area contributed by atoms with Crippen molar-refractivity contribution in [2.75, 3.05) is 7.11 Å². The molecule has 0 bridgehead atoms. The lowest BCUT2D eigenvalue weighted by atomic mass is 10.1. The third-order valence-electron chi connectivity index (χ3n) is 6.02. The Kier molecular flexibility index (Phi) is 7.60. The summed E-state index contributed by atoms with van der Waals surface area (Å²) in [5, 5.41) is 0.648. The number of hydrogen-bond donors (Lipinski definition) is 0. The molecule has 0 atom stereocenters. The van der Waals surface area contributed by atoms with E-state index in [1.54, 1.807) is 16.7 Å². The maximum atomic E-state index is 13.4. The number of aryl methyl sites for hydroxylation is 2. The highest BCUT2D eigenvalue weighted by Crippen LogP contribution is 2.19. The van der Waals surface area contributed by atoms with Gasteiger partial charge in [-0.05, 0) is 49.2 Å². The molecule has 0 aliphatic carbocycles. The number of aromatic nitrogens is 2. The first-order valence-electron chi connectivity index (χ1n) is 11.9. The van der Waals surface area contributed by atoms with Crippen LogP contribution < -0.4 is 10.3 Å². The van der Waals surface area contributed by atoms with Gasteiger partial charge in [0.15, 0.2) is 0 Å². The minimum atomic E-state index is -0.386. The van der Waals surface area contributed by atoms with Gasteiger partial charge in [-0.2, -0.15) is 0 Å². The fourth-order valence-electron chi connectivity index (χ4n) is 4.06. The maximum absolute atomic E-state index is 13.4. The van der Waals surface area contributed by atoms with Crippen molar-refractivity contribution < 1.29 is 14.3 Å². The summed E-state index contributed by atoms with van der Waals surface area (Å²) < 4.78 is 12.6. The van der Waals surface area contributed by atoms with Crippen molar-refractivity contribution in [3.63, 3.8) is 0 Å². The molecule has 6 heteroatoms. The number of carbonyl (C=O) groups is 1. The molecule has 0 saturated carbocycles. The molecule has 180 valence electrons. The number of rotatable bonds is 9. The van der Waals surface area contributed by atoms with E-state index in [2.05, 4.69) is 6.92 Å². The summed E-state index contributed by atoms with van der Waals surface area (Å²) in [4.78, 5) is 30.2. The van der Waals surface area contributed by atoms with E-state index in [0.29, 0.717) is 23.2 Å². The zero-order valence-electron chi connectivity index (χ0n) is 20.4. The van der Waals surface area contributed by atoms with Gasteiger partial charge in [0.2, 0.25) is 0 Å². The summed E-state index contributed by atoms with van der Waals surface area (Å²) in [5.74, 6) is 1.11. The lowest BCUT2D eigenvalue weighted by Gasteiger charge is -2.14. The second kappa shape index (κ2) is 11.0. The number of esters is 1. The Bertz CT molecular complexity index is 1390. The van der Waals surface area contributed by atoms with E-state index in [0.717, 1.165) is 47.3 Å². The largest absolute Gasteiger partial charge is 0.489 e. The van der Waals surface area contributed by atoms with Gasteiger partial charge in [0.25, 0.3) is 5.56 Å². The number of ether oxygens (including phenoxy) is 2. The Morgan fingerprint density at radius 1 is 1.03 bits per heavy atom. The summed E-state index contributed by atoms with van der Waals surface area (Å²) in [7, 11) is 1.36. The first-order valence-corrected chi connectivity index (χ1v) is 11.9. The van der Waals surface area contributed by atoms with Gasteiger partial charge in [0, 0.05) is 12.0 Å². The number of carbonyl (C=O) groups excluding carboxylic acids is 1. The first-order chi connectivity index (χ1) is 17.0. The van der Waals surface area contributed by atoms with Gasteiger partial charge in [-0.1, -0.05) is 55.3 Å². The van der Waals surface area contributed by atoms with Gasteiger partial charge in [0.1, 0.15) is 18.2 Å². The van der Waals surface area contributed by atoms with E-state index >= 15 is 0 Å². The molecular formula is C29H30N2O4. The fraction of sp³-hybridized carbons (Fsp3) is 0.276. The van der Waals surface area contributed by atoms with Crippen molar-refractivity contribution in [1.82, 2.24) is 9.55 Å². The van der Waals surface area contributed by atoms with Crippen molar-refractivity contribution in [2.24, 2.45) is 0 Å². The Morgan fingerprint density at radius 3 is 2.54 bits per heavy atom. The van der Waals surface area contributed by atoms with Crippen LogP contribution in [0.2, 0.25) is 0 Å². The van der Waals surface area contributed by atoms with Crippen LogP contribution in [0.25, 0.3) is 10.9 Å². The van der Waals surface area contributed by atoms with Crippen LogP contribution in [0.5, 0.6) is 5.75 Å². The lowest BCUT2D eigenvalue weighted by Crippen LogP contribution is -2.26. The van der Waals surface area contributed by atoms with Crippen molar-refractivity contribution in [2.45, 2.75) is 46.3 Å². The highest BCUT2D eigenvalue weighted by Gasteiger charge is 2.13. The highest BCUT2D eigenvalue weighted by molar-refractivity contribution is 5.90. The Balaban J connectivity index is 1.55. The Morgan fingerprint density at radius 2 is 1.80 bits per heavy atom. The minimum Gasteiger partial charge on any atom is -0.489 e. The number of fused-ring (bicyclic) bond motifs is 1. The maximum Gasteiger partial charge on any atom is 0.338 e. The van der Waals surface area contributed by atoms with Gasteiger partial charge in [-0.25, -0.2) is 9.78 Å². The monoisotopic (exact) mass is 470 g/mol. The molecule has 1 aromatic heterocycles. The van der Waals surface area contributed by atoms with Crippen LogP contribution in [0.1, 0.15) is 52.6 Å². The summed E-state index contributed by atoms with van der Waals surface area (Å²) in [6, 6.07) is 20.7. The van der Waals surface area contributed by atoms with Gasteiger partial charge in [-0.3, -0.25) is 9.36 Å². The fourth-order valence-corrected chi connectivity index (χ4v) is 4.06. The second-order valence-corrected chi connectivity index (χ2v) is 8.62. The number of methoxy groups -OCH3 is 1. The van der Waals surface area contributed by atoms with E-state index in [1.807, 2.05) is 61.5 Å². The molecule has 0 aliphatic heterocycles. The average Bonchev–Trinajstić information content (AvgIpc) is 2.89. The van der Waals surface area contributed by atoms with Gasteiger partial charge >= 0.3 is 5.97 Å². The van der Waals surface area contributed by atoms with Gasteiger partial charge in [-0.15, -0.1) is 0 Å². The smallest absolute Gasteiger partial charge is 0.338 e. The van der Waals surface area contributed by atoms with Gasteiger partial charge < -0.3 is 9.47 Å². The van der Waals surface area contributed by atoms with Crippen molar-refractivity contribution >= 4 is 16.9 Å². The first kappa shape index (κ1) is 24.2. The molecule has 0 unspecified atom stereocenters. The zero-order chi connectivity index (χ0) is 24.8. The van der Waals surface area contributed by atoms with Crippen molar-refractivity contribution in [1.29, 1.82) is 0 Å². The standard InChI is InChI=1S/C29H30N2O4/c1-4-5-10-27-30-26-16-11-20(2)17-25(26)28(32)31(27)18-21-12-14-23(15-13-21)35-19-22-8-6-7-9-24(22)29(33)34-3/h6-9,11-17H,4-5,10,18-19H2,1-3H3. The Labute approximate surface area is 205 Å². The van der Waals surface area contributed by atoms with E-state index < -0.39 is 0 Å². The molecule has 0 saturated heterocycles. The van der Waals surface area contributed by atoms with Gasteiger partial charge in [0.05, 0.1) is 30.1 Å². The predicted octanol–water partition coefficient (Wildman–Crippen LogP) is 5.46. The average molecular weight is 471 g/mol. The molecule has 3 aromatic carbocycles. The molecule has 1 heterocycles. The summed E-state index contributed by atoms with van der Waals surface area (Å²) in [6.07, 6.45) is 2.77. The summed E-state index contributed by atoms with van der Waals surface area (Å²) in [6.45, 7) is 4.81. The number of nitrogens with zero attached hydrogens (tertiary/aromatic N) is 2. The minimum absolute atomic E-state index is 0.00968. The lowest BCUT2D eigenvalue weighted by molar-refractivity contribution is 0.0597. The molecule has 6 nitrogen and oxygen atoms in total. The zero-order valence-corrected chi connectivity index (χ0v) is 20.4. The SMILES string of the molecule is CCCCc1nc2ccc(C)cc2c(=O)n1Cc1ccc(OCc2ccccc2C(=O)OC)cc1. The van der Waals surface area contributed by atoms with Crippen molar-refractivity contribution in [3.8, 4) is 5.75 Å². The topological polar surface area (TPSA) is 70.4 Å². The number of unbranched alkanes of at least 4 members (excludes halogenated alkanes) is 1. The molecule has 4 rings (SSSR count). The molecule has 0 aliphatic rings. The van der Waals surface area contributed by atoms with Crippen LogP contribution in [0, 0.1) is 6.92 Å². The molecule has 0 radical (unpaired) electrons. The molecule has 35 heavy (non-hydrogen) atoms. The quantitative estimate of drug-likeness (QED) is 0.304. The normalized spacial score (nSPS) is 10.9. The molecular weight excluding hydrogens is 440 g/mol. The number of benzene rings is 3. The predicted molar refractivity (Wildman–Crippen MR) is 137 cm³/mol. The van der Waals surface area contributed by atoms with Crippen molar-refractivity contribution in [3.05, 3.63) is 105 Å².